The van der Waals surface area contributed by atoms with Gasteiger partial charge in [-0.3, -0.25) is 4.79 Å². The van der Waals surface area contributed by atoms with Gasteiger partial charge < -0.3 is 11.1 Å². The standard InChI is InChI=1S/C14H10F4N2O/c15-9-3-1-8(2-4-9)13(21)20-12-6-5-10(19)7-11(12)14(16,17)18/h1-7H,19H2,(H,20,21). The fraction of sp³-hybridized carbons (Fsp3) is 0.0714. The highest BCUT2D eigenvalue weighted by molar-refractivity contribution is 6.04. The van der Waals surface area contributed by atoms with Crippen LogP contribution in [0.15, 0.2) is 42.5 Å². The van der Waals surface area contributed by atoms with Crippen LogP contribution in [-0.2, 0) is 6.18 Å². The van der Waals surface area contributed by atoms with Crippen molar-refractivity contribution in [1.82, 2.24) is 0 Å². The molecule has 3 N–H and O–H groups in total. The first kappa shape index (κ1) is 14.8. The maximum Gasteiger partial charge on any atom is 0.418 e. The number of nitrogens with one attached hydrogen (secondary N) is 1. The smallest absolute Gasteiger partial charge is 0.399 e. The maximum absolute atomic E-state index is 12.9. The number of hydrogen-bond acceptors (Lipinski definition) is 2. The van der Waals surface area contributed by atoms with Gasteiger partial charge in [0.2, 0.25) is 0 Å². The van der Waals surface area contributed by atoms with Crippen molar-refractivity contribution in [2.24, 2.45) is 0 Å². The summed E-state index contributed by atoms with van der Waals surface area (Å²) in [5, 5.41) is 2.14. The molecule has 0 aromatic heterocycles. The minimum absolute atomic E-state index is 0.0429. The Bertz CT molecular complexity index is 666. The van der Waals surface area contributed by atoms with Gasteiger partial charge in [-0.1, -0.05) is 0 Å². The second-order valence-electron chi connectivity index (χ2n) is 4.26. The summed E-state index contributed by atoms with van der Waals surface area (Å²) in [5.74, 6) is -1.32. The topological polar surface area (TPSA) is 55.1 Å². The van der Waals surface area contributed by atoms with Crippen molar-refractivity contribution < 1.29 is 22.4 Å². The number of rotatable bonds is 2. The fourth-order valence-corrected chi connectivity index (χ4v) is 1.70. The predicted molar refractivity (Wildman–Crippen MR) is 70.2 cm³/mol. The Hall–Kier alpha value is -2.57. The van der Waals surface area contributed by atoms with E-state index in [4.69, 9.17) is 5.73 Å². The van der Waals surface area contributed by atoms with Crippen LogP contribution in [0.3, 0.4) is 0 Å². The minimum atomic E-state index is -4.65. The van der Waals surface area contributed by atoms with Crippen LogP contribution in [-0.4, -0.2) is 5.91 Å². The second-order valence-corrected chi connectivity index (χ2v) is 4.26. The highest BCUT2D eigenvalue weighted by atomic mass is 19.4. The Labute approximate surface area is 117 Å². The van der Waals surface area contributed by atoms with Gasteiger partial charge in [0.1, 0.15) is 5.82 Å². The summed E-state index contributed by atoms with van der Waals surface area (Å²) in [6.45, 7) is 0. The quantitative estimate of drug-likeness (QED) is 0.656. The summed E-state index contributed by atoms with van der Waals surface area (Å²) < 4.78 is 51.4. The molecule has 110 valence electrons. The Balaban J connectivity index is 2.31. The number of carbonyl (C=O) groups excluding carboxylic acids is 1. The van der Waals surface area contributed by atoms with Crippen LogP contribution >= 0.6 is 0 Å². The third-order valence-corrected chi connectivity index (χ3v) is 2.70. The van der Waals surface area contributed by atoms with Gasteiger partial charge in [0, 0.05) is 11.3 Å². The second kappa shape index (κ2) is 5.43. The molecule has 3 nitrogen and oxygen atoms in total. The molecular formula is C14H10F4N2O. The van der Waals surface area contributed by atoms with Crippen molar-refractivity contribution >= 4 is 17.3 Å². The number of alkyl halides is 3. The molecule has 0 fully saturated rings. The fourth-order valence-electron chi connectivity index (χ4n) is 1.70. The highest BCUT2D eigenvalue weighted by Gasteiger charge is 2.34. The Kier molecular flexibility index (Phi) is 3.84. The summed E-state index contributed by atoms with van der Waals surface area (Å²) in [5.41, 5.74) is 3.85. The normalized spacial score (nSPS) is 11.2. The lowest BCUT2D eigenvalue weighted by Crippen LogP contribution is -2.17. The van der Waals surface area contributed by atoms with E-state index in [1.54, 1.807) is 0 Å². The number of hydrogen-bond donors (Lipinski definition) is 2. The van der Waals surface area contributed by atoms with Gasteiger partial charge in [-0.25, -0.2) is 4.39 Å². The van der Waals surface area contributed by atoms with Crippen molar-refractivity contribution in [1.29, 1.82) is 0 Å². The van der Waals surface area contributed by atoms with Gasteiger partial charge in [0.05, 0.1) is 11.3 Å². The number of carbonyl (C=O) groups is 1. The lowest BCUT2D eigenvalue weighted by atomic mass is 10.1. The van der Waals surface area contributed by atoms with Crippen LogP contribution < -0.4 is 11.1 Å². The van der Waals surface area contributed by atoms with Crippen molar-refractivity contribution in [3.05, 3.63) is 59.4 Å². The molecule has 21 heavy (non-hydrogen) atoms. The minimum Gasteiger partial charge on any atom is -0.399 e. The Morgan fingerprint density at radius 3 is 2.24 bits per heavy atom. The van der Waals surface area contributed by atoms with E-state index in [9.17, 15) is 22.4 Å². The average Bonchev–Trinajstić information content (AvgIpc) is 2.40. The van der Waals surface area contributed by atoms with E-state index in [-0.39, 0.29) is 11.3 Å². The predicted octanol–water partition coefficient (Wildman–Crippen LogP) is 3.68. The average molecular weight is 298 g/mol. The van der Waals surface area contributed by atoms with Gasteiger partial charge >= 0.3 is 6.18 Å². The van der Waals surface area contributed by atoms with Crippen LogP contribution in [0.5, 0.6) is 0 Å². The van der Waals surface area contributed by atoms with E-state index in [2.05, 4.69) is 5.32 Å². The molecule has 2 aromatic rings. The van der Waals surface area contributed by atoms with Gasteiger partial charge in [0.25, 0.3) is 5.91 Å². The molecule has 0 bridgehead atoms. The first-order chi connectivity index (χ1) is 9.77. The van der Waals surface area contributed by atoms with Crippen LogP contribution in [0.25, 0.3) is 0 Å². The summed E-state index contributed by atoms with van der Waals surface area (Å²) in [6.07, 6.45) is -4.65. The molecule has 2 rings (SSSR count). The lowest BCUT2D eigenvalue weighted by molar-refractivity contribution is -0.136. The van der Waals surface area contributed by atoms with E-state index >= 15 is 0 Å². The number of nitrogens with two attached hydrogens (primary N) is 1. The number of halogens is 4. The molecule has 0 saturated heterocycles. The molecular weight excluding hydrogens is 288 g/mol. The summed E-state index contributed by atoms with van der Waals surface area (Å²) in [7, 11) is 0. The van der Waals surface area contributed by atoms with Crippen molar-refractivity contribution in [3.63, 3.8) is 0 Å². The SMILES string of the molecule is Nc1ccc(NC(=O)c2ccc(F)cc2)c(C(F)(F)F)c1. The van der Waals surface area contributed by atoms with E-state index in [0.717, 1.165) is 24.3 Å². The van der Waals surface area contributed by atoms with E-state index in [1.165, 1.54) is 18.2 Å². The molecule has 0 aliphatic rings. The molecule has 2 aromatic carbocycles. The molecule has 0 aliphatic carbocycles. The van der Waals surface area contributed by atoms with E-state index in [1.807, 2.05) is 0 Å². The molecule has 1 amide bonds. The van der Waals surface area contributed by atoms with E-state index in [0.29, 0.717) is 0 Å². The van der Waals surface area contributed by atoms with Gasteiger partial charge in [0.15, 0.2) is 0 Å². The largest absolute Gasteiger partial charge is 0.418 e. The van der Waals surface area contributed by atoms with Gasteiger partial charge in [-0.05, 0) is 42.5 Å². The molecule has 0 spiro atoms. The number of nitrogen functional groups attached to an aromatic ring is 1. The van der Waals surface area contributed by atoms with Crippen LogP contribution in [0.4, 0.5) is 28.9 Å². The first-order valence-corrected chi connectivity index (χ1v) is 5.81. The Morgan fingerprint density at radius 2 is 1.67 bits per heavy atom. The summed E-state index contributed by atoms with van der Waals surface area (Å²) >= 11 is 0. The number of amides is 1. The molecule has 0 saturated carbocycles. The zero-order valence-corrected chi connectivity index (χ0v) is 10.5. The zero-order valence-electron chi connectivity index (χ0n) is 10.5. The van der Waals surface area contributed by atoms with Crippen molar-refractivity contribution in [2.75, 3.05) is 11.1 Å². The third-order valence-electron chi connectivity index (χ3n) is 2.70. The van der Waals surface area contributed by atoms with Gasteiger partial charge in [-0.2, -0.15) is 13.2 Å². The number of benzene rings is 2. The molecule has 0 radical (unpaired) electrons. The van der Waals surface area contributed by atoms with Crippen molar-refractivity contribution in [3.8, 4) is 0 Å². The van der Waals surface area contributed by atoms with Gasteiger partial charge in [-0.15, -0.1) is 0 Å². The monoisotopic (exact) mass is 298 g/mol. The third kappa shape index (κ3) is 3.50. The summed E-state index contributed by atoms with van der Waals surface area (Å²) in [6, 6.07) is 7.49. The molecule has 0 aliphatic heterocycles. The van der Waals surface area contributed by atoms with Crippen molar-refractivity contribution in [2.45, 2.75) is 6.18 Å². The molecule has 7 heteroatoms. The molecule has 0 atom stereocenters. The maximum atomic E-state index is 12.9. The van der Waals surface area contributed by atoms with Crippen LogP contribution in [0.1, 0.15) is 15.9 Å². The van der Waals surface area contributed by atoms with Crippen LogP contribution in [0.2, 0.25) is 0 Å². The zero-order chi connectivity index (χ0) is 15.6. The van der Waals surface area contributed by atoms with E-state index < -0.39 is 29.2 Å². The highest BCUT2D eigenvalue weighted by Crippen LogP contribution is 2.36. The lowest BCUT2D eigenvalue weighted by Gasteiger charge is -2.14. The van der Waals surface area contributed by atoms with Crippen LogP contribution in [0, 0.1) is 5.82 Å². The molecule has 0 heterocycles. The first-order valence-electron chi connectivity index (χ1n) is 5.81. The molecule has 0 unspecified atom stereocenters. The number of anilines is 2. The summed E-state index contributed by atoms with van der Waals surface area (Å²) in [4.78, 5) is 11.9. The Morgan fingerprint density at radius 1 is 1.05 bits per heavy atom.